The number of nitrogens with zero attached hydrogens (tertiary/aromatic N) is 1. The molecule has 0 unspecified atom stereocenters. The SMILES string of the molecule is O=C=Nc1ccc(S(=O)(=O)c2ccc(SC(F)(F)F)cc2)cc1. The Kier molecular flexibility index (Phi) is 4.93. The number of thioether (sulfide) groups is 1. The second-order valence-electron chi connectivity index (χ2n) is 4.22. The predicted octanol–water partition coefficient (Wildman–Crippen LogP) is 4.10. The van der Waals surface area contributed by atoms with Crippen LogP contribution < -0.4 is 0 Å². The van der Waals surface area contributed by atoms with Crippen LogP contribution in [-0.2, 0) is 14.6 Å². The first-order chi connectivity index (χ1) is 10.7. The number of benzene rings is 2. The summed E-state index contributed by atoms with van der Waals surface area (Å²) in [6.45, 7) is 0. The minimum Gasteiger partial charge on any atom is -0.219 e. The summed E-state index contributed by atoms with van der Waals surface area (Å²) < 4.78 is 61.5. The molecule has 120 valence electrons. The Bertz CT molecular complexity index is 838. The number of halogens is 3. The van der Waals surface area contributed by atoms with E-state index in [1.807, 2.05) is 0 Å². The van der Waals surface area contributed by atoms with Crippen molar-refractivity contribution in [1.29, 1.82) is 0 Å². The third-order valence-electron chi connectivity index (χ3n) is 2.69. The van der Waals surface area contributed by atoms with Crippen LogP contribution in [0.3, 0.4) is 0 Å². The highest BCUT2D eigenvalue weighted by Crippen LogP contribution is 2.37. The molecular formula is C14H8F3NO3S2. The minimum atomic E-state index is -4.44. The zero-order valence-corrected chi connectivity index (χ0v) is 12.9. The molecule has 0 aliphatic carbocycles. The lowest BCUT2D eigenvalue weighted by atomic mass is 10.3. The minimum absolute atomic E-state index is 0.0569. The highest BCUT2D eigenvalue weighted by Gasteiger charge is 2.29. The molecule has 0 spiro atoms. The summed E-state index contributed by atoms with van der Waals surface area (Å²) >= 11 is -0.320. The smallest absolute Gasteiger partial charge is 0.219 e. The lowest BCUT2D eigenvalue weighted by Crippen LogP contribution is -2.02. The van der Waals surface area contributed by atoms with Crippen molar-refractivity contribution in [2.24, 2.45) is 4.99 Å². The summed E-state index contributed by atoms with van der Waals surface area (Å²) in [4.78, 5) is 13.2. The van der Waals surface area contributed by atoms with E-state index in [1.54, 1.807) is 0 Å². The first-order valence-corrected chi connectivity index (χ1v) is 8.31. The van der Waals surface area contributed by atoms with Crippen LogP contribution in [0, 0.1) is 0 Å². The van der Waals surface area contributed by atoms with E-state index in [4.69, 9.17) is 0 Å². The van der Waals surface area contributed by atoms with Crippen molar-refractivity contribution in [2.45, 2.75) is 20.2 Å². The Morgan fingerprint density at radius 3 is 1.83 bits per heavy atom. The van der Waals surface area contributed by atoms with Gasteiger partial charge in [-0.25, -0.2) is 13.2 Å². The van der Waals surface area contributed by atoms with Crippen LogP contribution in [0.2, 0.25) is 0 Å². The largest absolute Gasteiger partial charge is 0.446 e. The number of isocyanates is 1. The van der Waals surface area contributed by atoms with Crippen molar-refractivity contribution in [1.82, 2.24) is 0 Å². The number of carbonyl (C=O) groups excluding carboxylic acids is 1. The van der Waals surface area contributed by atoms with Crippen LogP contribution in [0.5, 0.6) is 0 Å². The zero-order chi connectivity index (χ0) is 17.1. The summed E-state index contributed by atoms with van der Waals surface area (Å²) in [5, 5.41) is 0. The summed E-state index contributed by atoms with van der Waals surface area (Å²) in [7, 11) is -3.86. The standard InChI is InChI=1S/C14H8F3NO3S2/c15-14(16,17)22-11-3-7-13(8-4-11)23(20,21)12-5-1-10(2-6-12)18-9-19/h1-8H. The van der Waals surface area contributed by atoms with Gasteiger partial charge in [-0.2, -0.15) is 18.2 Å². The molecule has 0 aromatic heterocycles. The number of hydrogen-bond acceptors (Lipinski definition) is 5. The van der Waals surface area contributed by atoms with E-state index < -0.39 is 15.3 Å². The van der Waals surface area contributed by atoms with Crippen LogP contribution in [0.15, 0.2) is 68.2 Å². The highest BCUT2D eigenvalue weighted by molar-refractivity contribution is 8.00. The maximum Gasteiger partial charge on any atom is 0.446 e. The quantitative estimate of drug-likeness (QED) is 0.468. The van der Waals surface area contributed by atoms with Crippen molar-refractivity contribution in [3.8, 4) is 0 Å². The van der Waals surface area contributed by atoms with E-state index in [-0.39, 0.29) is 32.1 Å². The Morgan fingerprint density at radius 1 is 0.913 bits per heavy atom. The molecule has 9 heteroatoms. The van der Waals surface area contributed by atoms with Gasteiger partial charge >= 0.3 is 5.51 Å². The fraction of sp³-hybridized carbons (Fsp3) is 0.0714. The van der Waals surface area contributed by atoms with E-state index in [2.05, 4.69) is 4.99 Å². The number of aliphatic imine (C=N–C) groups is 1. The van der Waals surface area contributed by atoms with E-state index in [9.17, 15) is 26.4 Å². The van der Waals surface area contributed by atoms with Crippen LogP contribution in [-0.4, -0.2) is 20.0 Å². The van der Waals surface area contributed by atoms with E-state index in [0.29, 0.717) is 0 Å². The number of alkyl halides is 3. The van der Waals surface area contributed by atoms with Gasteiger partial charge in [0.15, 0.2) is 0 Å². The molecule has 0 N–H and O–H groups in total. The summed E-state index contributed by atoms with van der Waals surface area (Å²) in [5.74, 6) is 0. The molecule has 4 nitrogen and oxygen atoms in total. The highest BCUT2D eigenvalue weighted by atomic mass is 32.2. The Balaban J connectivity index is 2.30. The van der Waals surface area contributed by atoms with E-state index >= 15 is 0 Å². The first kappa shape index (κ1) is 17.3. The van der Waals surface area contributed by atoms with Crippen molar-refractivity contribution < 1.29 is 26.4 Å². The molecule has 0 amide bonds. The van der Waals surface area contributed by atoms with Gasteiger partial charge in [-0.05, 0) is 60.3 Å². The van der Waals surface area contributed by atoms with E-state index in [0.717, 1.165) is 24.3 Å². The predicted molar refractivity (Wildman–Crippen MR) is 78.0 cm³/mol. The van der Waals surface area contributed by atoms with Gasteiger partial charge in [0.25, 0.3) is 0 Å². The van der Waals surface area contributed by atoms with Crippen molar-refractivity contribution in [3.05, 3.63) is 48.5 Å². The Labute approximate surface area is 134 Å². The van der Waals surface area contributed by atoms with Gasteiger partial charge < -0.3 is 0 Å². The monoisotopic (exact) mass is 359 g/mol. The molecule has 0 radical (unpaired) electrons. The molecule has 2 aromatic rings. The average molecular weight is 359 g/mol. The summed E-state index contributed by atoms with van der Waals surface area (Å²) in [6.07, 6.45) is 1.33. The molecule has 0 aliphatic rings. The second-order valence-corrected chi connectivity index (χ2v) is 7.31. The molecule has 2 aromatic carbocycles. The molecule has 0 aliphatic heterocycles. The van der Waals surface area contributed by atoms with Crippen LogP contribution in [0.4, 0.5) is 18.9 Å². The summed E-state index contributed by atoms with van der Waals surface area (Å²) in [6, 6.07) is 9.57. The lowest BCUT2D eigenvalue weighted by Gasteiger charge is -2.07. The number of hydrogen-bond donors (Lipinski definition) is 0. The third-order valence-corrected chi connectivity index (χ3v) is 5.21. The van der Waals surface area contributed by atoms with Gasteiger partial charge in [0.05, 0.1) is 15.5 Å². The van der Waals surface area contributed by atoms with Gasteiger partial charge in [-0.3, -0.25) is 0 Å². The van der Waals surface area contributed by atoms with Gasteiger partial charge in [-0.15, -0.1) is 0 Å². The molecule has 2 rings (SSSR count). The van der Waals surface area contributed by atoms with Gasteiger partial charge in [-0.1, -0.05) is 0 Å². The average Bonchev–Trinajstić information content (AvgIpc) is 2.47. The molecule has 23 heavy (non-hydrogen) atoms. The molecule has 0 saturated heterocycles. The summed E-state index contributed by atoms with van der Waals surface area (Å²) in [5.41, 5.74) is -4.19. The van der Waals surface area contributed by atoms with Crippen LogP contribution in [0.25, 0.3) is 0 Å². The maximum absolute atomic E-state index is 12.4. The second kappa shape index (κ2) is 6.57. The third kappa shape index (κ3) is 4.44. The molecule has 0 heterocycles. The molecule has 0 saturated carbocycles. The van der Waals surface area contributed by atoms with Gasteiger partial charge in [0.2, 0.25) is 15.9 Å². The fourth-order valence-electron chi connectivity index (χ4n) is 1.71. The molecule has 0 bridgehead atoms. The maximum atomic E-state index is 12.4. The molecule has 0 fully saturated rings. The first-order valence-electron chi connectivity index (χ1n) is 6.01. The van der Waals surface area contributed by atoms with Crippen molar-refractivity contribution in [3.63, 3.8) is 0 Å². The van der Waals surface area contributed by atoms with Gasteiger partial charge in [0, 0.05) is 4.90 Å². The molecular weight excluding hydrogens is 351 g/mol. The number of rotatable bonds is 4. The van der Waals surface area contributed by atoms with Crippen molar-refractivity contribution in [2.75, 3.05) is 0 Å². The topological polar surface area (TPSA) is 63.6 Å². The Morgan fingerprint density at radius 2 is 1.39 bits per heavy atom. The molecule has 0 atom stereocenters. The van der Waals surface area contributed by atoms with E-state index in [1.165, 1.54) is 30.3 Å². The Hall–Kier alpha value is -2.09. The number of sulfone groups is 1. The van der Waals surface area contributed by atoms with Crippen LogP contribution >= 0.6 is 11.8 Å². The zero-order valence-electron chi connectivity index (χ0n) is 11.2. The fourth-order valence-corrected chi connectivity index (χ4v) is 3.51. The van der Waals surface area contributed by atoms with Crippen molar-refractivity contribution >= 4 is 33.4 Å². The van der Waals surface area contributed by atoms with Gasteiger partial charge in [0.1, 0.15) is 0 Å². The lowest BCUT2D eigenvalue weighted by molar-refractivity contribution is -0.0328. The normalized spacial score (nSPS) is 11.8. The van der Waals surface area contributed by atoms with Crippen LogP contribution in [0.1, 0.15) is 0 Å².